The highest BCUT2D eigenvalue weighted by Gasteiger charge is 2.41. The molecule has 6 nitrogen and oxygen atoms in total. The zero-order valence-electron chi connectivity index (χ0n) is 16.9. The smallest absolute Gasteiger partial charge is 0.243 e. The Morgan fingerprint density at radius 2 is 1.84 bits per heavy atom. The maximum Gasteiger partial charge on any atom is 0.243 e. The van der Waals surface area contributed by atoms with Crippen LogP contribution in [-0.4, -0.2) is 16.1 Å². The molecule has 0 saturated carbocycles. The van der Waals surface area contributed by atoms with Crippen molar-refractivity contribution in [2.24, 2.45) is 5.92 Å². The number of aryl methyl sites for hydroxylation is 1. The molecule has 0 aliphatic carbocycles. The third-order valence-electron chi connectivity index (χ3n) is 5.71. The van der Waals surface area contributed by atoms with E-state index < -0.39 is 11.8 Å². The maximum atomic E-state index is 9.98. The van der Waals surface area contributed by atoms with Crippen molar-refractivity contribution >= 4 is 16.7 Å². The zero-order valence-corrected chi connectivity index (χ0v) is 16.9. The van der Waals surface area contributed by atoms with Crippen molar-refractivity contribution in [3.8, 4) is 17.7 Å². The molecule has 0 radical (unpaired) electrons. The predicted octanol–water partition coefficient (Wildman–Crippen LogP) is 5.09. The van der Waals surface area contributed by atoms with Crippen molar-refractivity contribution < 1.29 is 9.47 Å². The van der Waals surface area contributed by atoms with Crippen LogP contribution in [-0.2, 0) is 6.61 Å². The fourth-order valence-corrected chi connectivity index (χ4v) is 4.25. The Kier molecular flexibility index (Phi) is 4.64. The Morgan fingerprint density at radius 3 is 2.65 bits per heavy atom. The number of hydrogen-bond donors (Lipinski definition) is 2. The lowest BCUT2D eigenvalue weighted by molar-refractivity contribution is 0.300. The molecule has 0 fully saturated rings. The SMILES string of the molecule is Cc1[nH]nc2c1C(c1c(OCc3ccccc3)ccc3ccccc13)C(C#N)C(=N)O2. The van der Waals surface area contributed by atoms with Gasteiger partial charge in [-0.3, -0.25) is 10.5 Å². The maximum absolute atomic E-state index is 9.98. The van der Waals surface area contributed by atoms with Gasteiger partial charge in [0.15, 0.2) is 0 Å². The second-order valence-electron chi connectivity index (χ2n) is 7.59. The van der Waals surface area contributed by atoms with Crippen molar-refractivity contribution in [3.05, 3.63) is 89.1 Å². The van der Waals surface area contributed by atoms with E-state index in [1.807, 2.05) is 73.7 Å². The number of ether oxygens (including phenoxy) is 2. The van der Waals surface area contributed by atoms with Gasteiger partial charge in [0.1, 0.15) is 18.3 Å². The molecule has 2 unspecified atom stereocenters. The fourth-order valence-electron chi connectivity index (χ4n) is 4.25. The summed E-state index contributed by atoms with van der Waals surface area (Å²) in [7, 11) is 0. The van der Waals surface area contributed by atoms with Crippen molar-refractivity contribution in [2.75, 3.05) is 0 Å². The van der Waals surface area contributed by atoms with Crippen LogP contribution in [0.3, 0.4) is 0 Å². The summed E-state index contributed by atoms with van der Waals surface area (Å²) in [5, 5.41) is 27.5. The van der Waals surface area contributed by atoms with E-state index in [9.17, 15) is 5.26 Å². The first-order valence-corrected chi connectivity index (χ1v) is 10.1. The average molecular weight is 408 g/mol. The normalized spacial score (nSPS) is 17.6. The quantitative estimate of drug-likeness (QED) is 0.492. The summed E-state index contributed by atoms with van der Waals surface area (Å²) in [4.78, 5) is 0. The molecule has 0 spiro atoms. The topological polar surface area (TPSA) is 94.8 Å². The molecule has 0 bridgehead atoms. The highest BCUT2D eigenvalue weighted by atomic mass is 16.5. The Hall–Kier alpha value is -4.11. The van der Waals surface area contributed by atoms with Crippen LogP contribution < -0.4 is 9.47 Å². The Morgan fingerprint density at radius 1 is 1.06 bits per heavy atom. The fraction of sp³-hybridized carbons (Fsp3) is 0.160. The molecule has 2 heterocycles. The van der Waals surface area contributed by atoms with Crippen LogP contribution in [0.1, 0.15) is 28.3 Å². The first kappa shape index (κ1) is 18.9. The molecule has 1 aliphatic heterocycles. The van der Waals surface area contributed by atoms with Gasteiger partial charge in [0.05, 0.1) is 6.07 Å². The van der Waals surface area contributed by atoms with Gasteiger partial charge < -0.3 is 9.47 Å². The van der Waals surface area contributed by atoms with E-state index in [1.165, 1.54) is 0 Å². The summed E-state index contributed by atoms with van der Waals surface area (Å²) in [6.45, 7) is 2.31. The summed E-state index contributed by atoms with van der Waals surface area (Å²) >= 11 is 0. The van der Waals surface area contributed by atoms with Crippen LogP contribution >= 0.6 is 0 Å². The average Bonchev–Trinajstić information content (AvgIpc) is 3.17. The minimum atomic E-state index is -0.784. The summed E-state index contributed by atoms with van der Waals surface area (Å²) in [5.41, 5.74) is 3.54. The first-order valence-electron chi connectivity index (χ1n) is 10.1. The molecule has 2 atom stereocenters. The minimum Gasteiger partial charge on any atom is -0.489 e. The van der Waals surface area contributed by atoms with E-state index in [4.69, 9.17) is 14.9 Å². The highest BCUT2D eigenvalue weighted by molar-refractivity contribution is 5.92. The molecule has 4 aromatic rings. The van der Waals surface area contributed by atoms with E-state index in [-0.39, 0.29) is 5.90 Å². The number of benzene rings is 3. The molecule has 5 rings (SSSR count). The molecule has 3 aromatic carbocycles. The van der Waals surface area contributed by atoms with Gasteiger partial charge in [-0.25, -0.2) is 0 Å². The summed E-state index contributed by atoms with van der Waals surface area (Å²) in [6, 6.07) is 24.2. The number of H-pyrrole nitrogens is 1. The van der Waals surface area contributed by atoms with Crippen LogP contribution in [0.5, 0.6) is 11.6 Å². The van der Waals surface area contributed by atoms with Gasteiger partial charge in [0.2, 0.25) is 11.8 Å². The number of hydrogen-bond acceptors (Lipinski definition) is 5. The van der Waals surface area contributed by atoms with Crippen molar-refractivity contribution in [1.82, 2.24) is 10.2 Å². The third-order valence-corrected chi connectivity index (χ3v) is 5.71. The molecule has 6 heteroatoms. The van der Waals surface area contributed by atoms with E-state index in [0.29, 0.717) is 18.2 Å². The lowest BCUT2D eigenvalue weighted by Gasteiger charge is -2.30. The second-order valence-corrected chi connectivity index (χ2v) is 7.59. The minimum absolute atomic E-state index is 0.103. The molecule has 1 aromatic heterocycles. The molecular formula is C25H20N4O2. The monoisotopic (exact) mass is 408 g/mol. The van der Waals surface area contributed by atoms with Gasteiger partial charge in [-0.2, -0.15) is 5.26 Å². The molecule has 31 heavy (non-hydrogen) atoms. The Bertz CT molecular complexity index is 1320. The van der Waals surface area contributed by atoms with Gasteiger partial charge in [-0.15, -0.1) is 5.10 Å². The largest absolute Gasteiger partial charge is 0.489 e. The van der Waals surface area contributed by atoms with Crippen molar-refractivity contribution in [3.63, 3.8) is 0 Å². The molecule has 0 amide bonds. The molecule has 2 N–H and O–H groups in total. The van der Waals surface area contributed by atoms with Crippen molar-refractivity contribution in [2.45, 2.75) is 19.4 Å². The zero-order chi connectivity index (χ0) is 21.4. The number of nitrogens with one attached hydrogen (secondary N) is 2. The number of aromatic amines is 1. The van der Waals surface area contributed by atoms with Gasteiger partial charge in [-0.1, -0.05) is 60.7 Å². The first-order chi connectivity index (χ1) is 15.2. The Labute approximate surface area is 179 Å². The number of nitrogens with zero attached hydrogens (tertiary/aromatic N) is 2. The van der Waals surface area contributed by atoms with E-state index in [0.717, 1.165) is 33.2 Å². The standard InChI is InChI=1S/C25H20N4O2/c1-15-21-23(19(13-26)24(27)31-25(21)29-28-15)22-18-10-6-5-9-17(18)11-12-20(22)30-14-16-7-3-2-4-8-16/h2-12,19,23,27H,14H2,1H3,(H,28,29). The third kappa shape index (κ3) is 3.21. The molecular weight excluding hydrogens is 388 g/mol. The molecule has 152 valence electrons. The number of rotatable bonds is 4. The highest BCUT2D eigenvalue weighted by Crippen LogP contribution is 2.48. The van der Waals surface area contributed by atoms with E-state index in [1.54, 1.807) is 0 Å². The predicted molar refractivity (Wildman–Crippen MR) is 117 cm³/mol. The lowest BCUT2D eigenvalue weighted by Crippen LogP contribution is -2.31. The number of nitriles is 1. The van der Waals surface area contributed by atoms with Crippen molar-refractivity contribution in [1.29, 1.82) is 10.7 Å². The van der Waals surface area contributed by atoms with E-state index >= 15 is 0 Å². The lowest BCUT2D eigenvalue weighted by atomic mass is 9.77. The van der Waals surface area contributed by atoms with Crippen LogP contribution in [0.4, 0.5) is 0 Å². The summed E-state index contributed by atoms with van der Waals surface area (Å²) < 4.78 is 11.9. The number of aromatic nitrogens is 2. The molecule has 0 saturated heterocycles. The van der Waals surface area contributed by atoms with Gasteiger partial charge in [-0.05, 0) is 29.3 Å². The second kappa shape index (κ2) is 7.62. The Balaban J connectivity index is 1.71. The van der Waals surface area contributed by atoms with Gasteiger partial charge in [0, 0.05) is 22.7 Å². The summed E-state index contributed by atoms with van der Waals surface area (Å²) in [6.07, 6.45) is 0. The molecule has 1 aliphatic rings. The van der Waals surface area contributed by atoms with Gasteiger partial charge in [0.25, 0.3) is 0 Å². The van der Waals surface area contributed by atoms with Crippen LogP contribution in [0.15, 0.2) is 66.7 Å². The van der Waals surface area contributed by atoms with E-state index in [2.05, 4.69) is 16.3 Å². The van der Waals surface area contributed by atoms with Crippen LogP contribution in [0.25, 0.3) is 10.8 Å². The van der Waals surface area contributed by atoms with Crippen LogP contribution in [0.2, 0.25) is 0 Å². The summed E-state index contributed by atoms with van der Waals surface area (Å²) in [5.74, 6) is -0.283. The van der Waals surface area contributed by atoms with Gasteiger partial charge >= 0.3 is 0 Å². The van der Waals surface area contributed by atoms with Crippen LogP contribution in [0, 0.1) is 29.6 Å². The number of fused-ring (bicyclic) bond motifs is 2.